The van der Waals surface area contributed by atoms with E-state index in [-0.39, 0.29) is 0 Å². The van der Waals surface area contributed by atoms with Crippen LogP contribution < -0.4 is 5.69 Å². The third-order valence-corrected chi connectivity index (χ3v) is 7.81. The number of phosphoric ester groups is 1. The molecule has 0 aromatic carbocycles. The minimum Gasteiger partial charge on any atom is -0.387 e. The molecule has 6 N–H and O–H groups in total. The minimum absolute atomic E-state index is 0.388. The van der Waals surface area contributed by atoms with Crippen molar-refractivity contribution in [3.8, 4) is 0 Å². The molecule has 15 nitrogen and oxygen atoms in total. The molecule has 2 rings (SSSR count). The highest BCUT2D eigenvalue weighted by molar-refractivity contribution is 7.71. The Balaban J connectivity index is 2.17. The van der Waals surface area contributed by atoms with Gasteiger partial charge in [-0.25, -0.2) is 27.3 Å². The van der Waals surface area contributed by atoms with Gasteiger partial charge in [-0.05, 0) is 6.92 Å². The van der Waals surface area contributed by atoms with Gasteiger partial charge in [0.25, 0.3) is 0 Å². The van der Waals surface area contributed by atoms with E-state index in [1.807, 2.05) is 4.98 Å². The summed E-state index contributed by atoms with van der Waals surface area (Å²) in [5.41, 5.74) is -3.89. The highest BCUT2D eigenvalue weighted by atomic mass is 32.1. The zero-order chi connectivity index (χ0) is 24.0. The maximum Gasteiger partial charge on any atom is 0.490 e. The van der Waals surface area contributed by atoms with Crippen LogP contribution in [0, 0.1) is 10.5 Å². The topological polar surface area (TPSA) is 227 Å². The minimum atomic E-state index is -5.79. The molecule has 0 saturated carbocycles. The Morgan fingerprint density at radius 3 is 2.39 bits per heavy atom. The molecule has 0 bridgehead atoms. The lowest BCUT2D eigenvalue weighted by Gasteiger charge is -2.24. The summed E-state index contributed by atoms with van der Waals surface area (Å²) in [7, 11) is -17.0. The molecule has 31 heavy (non-hydrogen) atoms. The van der Waals surface area contributed by atoms with Crippen molar-refractivity contribution in [1.29, 1.82) is 0 Å². The number of nitrogens with zero attached hydrogens (tertiary/aromatic N) is 1. The zero-order valence-corrected chi connectivity index (χ0v) is 18.5. The first kappa shape index (κ1) is 26.5. The standard InChI is InChI=1S/C10H15F2N2O13P3S/c1-10(12)6(15)5(25-8(10)14-2-4(11)7(31)13-9(14)16)3-24-29(20,21)27-30(22,23)26-28(17,18)19/h2,5-6,8,15H,3H2,1H3,(H,20,21)(H,22,23)(H,13,16,31)(H2,17,18,19)/t5-,6+,8-,10?/m1/s1. The number of aromatic amines is 1. The first-order valence-electron chi connectivity index (χ1n) is 7.66. The Kier molecular flexibility index (Phi) is 7.63. The Labute approximate surface area is 175 Å². The average Bonchev–Trinajstić information content (AvgIpc) is 2.76. The van der Waals surface area contributed by atoms with E-state index in [0.717, 1.165) is 6.92 Å². The van der Waals surface area contributed by atoms with Crippen molar-refractivity contribution < 1.29 is 65.0 Å². The fourth-order valence-corrected chi connectivity index (χ4v) is 5.63. The van der Waals surface area contributed by atoms with Gasteiger partial charge in [-0.1, -0.05) is 12.2 Å². The number of aliphatic hydroxyl groups excluding tert-OH is 1. The van der Waals surface area contributed by atoms with Gasteiger partial charge in [0.05, 0.1) is 12.8 Å². The van der Waals surface area contributed by atoms with Gasteiger partial charge in [0.15, 0.2) is 17.7 Å². The first-order chi connectivity index (χ1) is 13.8. The van der Waals surface area contributed by atoms with Gasteiger partial charge in [-0.15, -0.1) is 0 Å². The van der Waals surface area contributed by atoms with E-state index in [2.05, 4.69) is 25.4 Å². The van der Waals surface area contributed by atoms with E-state index in [4.69, 9.17) is 19.4 Å². The van der Waals surface area contributed by atoms with E-state index in [0.29, 0.717) is 10.8 Å². The van der Waals surface area contributed by atoms with Crippen LogP contribution in [0.5, 0.6) is 0 Å². The molecule has 2 heterocycles. The molecule has 3 unspecified atom stereocenters. The number of aliphatic hydroxyl groups is 1. The van der Waals surface area contributed by atoms with E-state index < -0.39 is 70.3 Å². The third-order valence-electron chi connectivity index (χ3n) is 3.71. The van der Waals surface area contributed by atoms with Crippen LogP contribution in [0.1, 0.15) is 13.2 Å². The molecule has 1 aliphatic heterocycles. The van der Waals surface area contributed by atoms with E-state index in [9.17, 15) is 37.3 Å². The number of aromatic nitrogens is 2. The zero-order valence-electron chi connectivity index (χ0n) is 15.0. The second-order valence-electron chi connectivity index (χ2n) is 6.15. The summed E-state index contributed by atoms with van der Waals surface area (Å²) in [4.78, 5) is 49.2. The van der Waals surface area contributed by atoms with Crippen LogP contribution in [0.3, 0.4) is 0 Å². The van der Waals surface area contributed by atoms with Crippen molar-refractivity contribution in [1.82, 2.24) is 9.55 Å². The average molecular weight is 534 g/mol. The molecule has 0 amide bonds. The summed E-state index contributed by atoms with van der Waals surface area (Å²) in [5.74, 6) is -1.12. The predicted molar refractivity (Wildman–Crippen MR) is 95.1 cm³/mol. The van der Waals surface area contributed by atoms with Crippen molar-refractivity contribution in [3.05, 3.63) is 27.1 Å². The van der Waals surface area contributed by atoms with Crippen LogP contribution in [0.2, 0.25) is 0 Å². The van der Waals surface area contributed by atoms with Crippen LogP contribution in [0.15, 0.2) is 11.0 Å². The Bertz CT molecular complexity index is 1100. The van der Waals surface area contributed by atoms with Crippen molar-refractivity contribution in [3.63, 3.8) is 0 Å². The van der Waals surface area contributed by atoms with Gasteiger partial charge in [-0.3, -0.25) is 14.1 Å². The van der Waals surface area contributed by atoms with Crippen molar-refractivity contribution in [2.24, 2.45) is 0 Å². The van der Waals surface area contributed by atoms with Gasteiger partial charge < -0.3 is 29.4 Å². The molecule has 0 radical (unpaired) electrons. The Morgan fingerprint density at radius 1 is 1.26 bits per heavy atom. The van der Waals surface area contributed by atoms with Crippen LogP contribution in [0.25, 0.3) is 0 Å². The molecule has 0 spiro atoms. The fraction of sp³-hybridized carbons (Fsp3) is 0.600. The molecule has 21 heteroatoms. The van der Waals surface area contributed by atoms with Crippen molar-refractivity contribution >= 4 is 35.7 Å². The summed E-state index contributed by atoms with van der Waals surface area (Å²) < 4.78 is 78.4. The number of hydrogen-bond donors (Lipinski definition) is 6. The van der Waals surface area contributed by atoms with Gasteiger partial charge >= 0.3 is 29.2 Å². The maximum atomic E-state index is 15.0. The van der Waals surface area contributed by atoms with Gasteiger partial charge in [0, 0.05) is 0 Å². The van der Waals surface area contributed by atoms with Crippen LogP contribution in [-0.4, -0.2) is 58.7 Å². The van der Waals surface area contributed by atoms with E-state index in [1.165, 1.54) is 0 Å². The van der Waals surface area contributed by atoms with Crippen molar-refractivity contribution in [2.45, 2.75) is 31.0 Å². The number of halogens is 2. The van der Waals surface area contributed by atoms with Crippen LogP contribution >= 0.6 is 35.7 Å². The number of alkyl halides is 1. The number of hydrogen-bond acceptors (Lipinski definition) is 10. The lowest BCUT2D eigenvalue weighted by Crippen LogP contribution is -2.43. The second-order valence-corrected chi connectivity index (χ2v) is 11.0. The number of nitrogens with one attached hydrogen (secondary N) is 1. The van der Waals surface area contributed by atoms with Crippen LogP contribution in [-0.2, 0) is 31.6 Å². The van der Waals surface area contributed by atoms with E-state index >= 15 is 0 Å². The quantitative estimate of drug-likeness (QED) is 0.196. The number of ether oxygens (including phenoxy) is 1. The molecule has 1 aliphatic rings. The maximum absolute atomic E-state index is 15.0. The Hall–Kier alpha value is -0.710. The molecular weight excluding hydrogens is 519 g/mol. The summed E-state index contributed by atoms with van der Waals surface area (Å²) in [6.45, 7) is -0.431. The molecule has 1 aromatic heterocycles. The smallest absolute Gasteiger partial charge is 0.387 e. The largest absolute Gasteiger partial charge is 0.490 e. The SMILES string of the molecule is CC1(F)[C@@H](O)[C@@H](COP(=O)(O)OP(=O)(O)OP(=O)(O)O)O[C@H]1n1cc(F)c(=S)[nH]c1=O. The molecule has 178 valence electrons. The van der Waals surface area contributed by atoms with Gasteiger partial charge in [0.1, 0.15) is 16.8 Å². The first-order valence-corrected chi connectivity index (χ1v) is 12.6. The molecule has 0 aliphatic carbocycles. The second kappa shape index (κ2) is 8.91. The summed E-state index contributed by atoms with van der Waals surface area (Å²) in [5, 5.41) is 10.1. The van der Waals surface area contributed by atoms with E-state index in [1.54, 1.807) is 0 Å². The monoisotopic (exact) mass is 534 g/mol. The summed E-state index contributed by atoms with van der Waals surface area (Å²) in [6, 6.07) is 0. The normalized spacial score (nSPS) is 30.6. The summed E-state index contributed by atoms with van der Waals surface area (Å²) in [6.07, 6.45) is -5.40. The molecule has 1 saturated heterocycles. The van der Waals surface area contributed by atoms with Gasteiger partial charge in [-0.2, -0.15) is 8.62 Å². The number of rotatable bonds is 8. The number of phosphoric acid groups is 3. The van der Waals surface area contributed by atoms with Gasteiger partial charge in [0.2, 0.25) is 0 Å². The number of H-pyrrole nitrogens is 1. The summed E-state index contributed by atoms with van der Waals surface area (Å²) >= 11 is 4.51. The molecule has 1 fully saturated rings. The third kappa shape index (κ3) is 6.65. The van der Waals surface area contributed by atoms with Crippen molar-refractivity contribution in [2.75, 3.05) is 6.61 Å². The van der Waals surface area contributed by atoms with Crippen LogP contribution in [0.4, 0.5) is 8.78 Å². The highest BCUT2D eigenvalue weighted by Gasteiger charge is 2.56. The highest BCUT2D eigenvalue weighted by Crippen LogP contribution is 2.66. The lowest BCUT2D eigenvalue weighted by molar-refractivity contribution is -0.0609. The Morgan fingerprint density at radius 2 is 1.84 bits per heavy atom. The molecule has 1 aromatic rings. The fourth-order valence-electron chi connectivity index (χ4n) is 2.46. The lowest BCUT2D eigenvalue weighted by atomic mass is 9.98. The molecule has 6 atom stereocenters. The predicted octanol–water partition coefficient (Wildman–Crippen LogP) is 0.375. The molecular formula is C10H15F2N2O13P3S.